The van der Waals surface area contributed by atoms with Crippen LogP contribution in [0.5, 0.6) is 0 Å². The third-order valence-electron chi connectivity index (χ3n) is 3.44. The van der Waals surface area contributed by atoms with Crippen LogP contribution in [0.1, 0.15) is 0 Å². The molecule has 0 spiro atoms. The molecule has 0 aliphatic carbocycles. The Balaban J connectivity index is 2.21. The van der Waals surface area contributed by atoms with Crippen molar-refractivity contribution in [2.24, 2.45) is 5.14 Å². The molecule has 0 aliphatic heterocycles. The van der Waals surface area contributed by atoms with E-state index in [4.69, 9.17) is 5.14 Å². The SMILES string of the molecule is NS(=O)(=O)c1cc(F)cc(-c2ncccc2-c2ccc(Br)cc2)c1. The largest absolute Gasteiger partial charge is 0.256 e. The lowest BCUT2D eigenvalue weighted by Crippen LogP contribution is -2.12. The summed E-state index contributed by atoms with van der Waals surface area (Å²) in [6.07, 6.45) is 1.57. The smallest absolute Gasteiger partial charge is 0.238 e. The number of hydrogen-bond acceptors (Lipinski definition) is 3. The third-order valence-corrected chi connectivity index (χ3v) is 4.86. The van der Waals surface area contributed by atoms with E-state index in [1.807, 2.05) is 30.3 Å². The van der Waals surface area contributed by atoms with E-state index in [0.717, 1.165) is 21.7 Å². The highest BCUT2D eigenvalue weighted by Gasteiger charge is 2.15. The number of sulfonamides is 1. The number of nitrogens with zero attached hydrogens (tertiary/aromatic N) is 1. The number of nitrogens with two attached hydrogens (primary N) is 1. The molecule has 2 aromatic carbocycles. The van der Waals surface area contributed by atoms with Crippen LogP contribution < -0.4 is 5.14 Å². The molecule has 0 amide bonds. The van der Waals surface area contributed by atoms with Gasteiger partial charge in [0.05, 0.1) is 10.6 Å². The van der Waals surface area contributed by atoms with Gasteiger partial charge in [-0.3, -0.25) is 4.98 Å². The van der Waals surface area contributed by atoms with Crippen LogP contribution in [0.2, 0.25) is 0 Å². The van der Waals surface area contributed by atoms with Crippen molar-refractivity contribution >= 4 is 26.0 Å². The van der Waals surface area contributed by atoms with Gasteiger partial charge in [-0.05, 0) is 42.0 Å². The molecule has 1 aromatic heterocycles. The Kier molecular flexibility index (Phi) is 4.49. The standard InChI is InChI=1S/C17H12BrFN2O2S/c18-13-5-3-11(4-6-13)16-2-1-7-21-17(16)12-8-14(19)10-15(9-12)24(20,22)23/h1-10H,(H2,20,22,23). The van der Waals surface area contributed by atoms with Crippen LogP contribution in [0.15, 0.2) is 70.2 Å². The molecule has 3 rings (SSSR count). The van der Waals surface area contributed by atoms with Crippen LogP contribution in [0.3, 0.4) is 0 Å². The maximum Gasteiger partial charge on any atom is 0.238 e. The van der Waals surface area contributed by atoms with E-state index < -0.39 is 15.8 Å². The van der Waals surface area contributed by atoms with E-state index in [0.29, 0.717) is 11.3 Å². The Labute approximate surface area is 147 Å². The Morgan fingerprint density at radius 3 is 2.38 bits per heavy atom. The molecule has 122 valence electrons. The highest BCUT2D eigenvalue weighted by atomic mass is 79.9. The molecular formula is C17H12BrFN2O2S. The zero-order valence-corrected chi connectivity index (χ0v) is 14.7. The van der Waals surface area contributed by atoms with Gasteiger partial charge in [0, 0.05) is 21.8 Å². The summed E-state index contributed by atoms with van der Waals surface area (Å²) in [6, 6.07) is 14.6. The van der Waals surface area contributed by atoms with Gasteiger partial charge in [0.15, 0.2) is 0 Å². The molecule has 0 atom stereocenters. The molecule has 7 heteroatoms. The lowest BCUT2D eigenvalue weighted by molar-refractivity contribution is 0.592. The van der Waals surface area contributed by atoms with Gasteiger partial charge in [-0.2, -0.15) is 0 Å². The van der Waals surface area contributed by atoms with Crippen molar-refractivity contribution in [2.75, 3.05) is 0 Å². The highest BCUT2D eigenvalue weighted by molar-refractivity contribution is 9.10. The molecule has 0 saturated heterocycles. The molecule has 2 N–H and O–H groups in total. The molecule has 0 aliphatic rings. The lowest BCUT2D eigenvalue weighted by atomic mass is 9.99. The van der Waals surface area contributed by atoms with E-state index in [1.165, 1.54) is 12.1 Å². The number of benzene rings is 2. The number of primary sulfonamides is 1. The zero-order chi connectivity index (χ0) is 17.3. The summed E-state index contributed by atoms with van der Waals surface area (Å²) in [4.78, 5) is 4.01. The van der Waals surface area contributed by atoms with Gasteiger partial charge in [-0.1, -0.05) is 34.1 Å². The predicted octanol–water partition coefficient (Wildman–Crippen LogP) is 3.96. The molecule has 0 bridgehead atoms. The zero-order valence-electron chi connectivity index (χ0n) is 12.3. The fraction of sp³-hybridized carbons (Fsp3) is 0. The summed E-state index contributed by atoms with van der Waals surface area (Å²) in [5.41, 5.74) is 2.46. The van der Waals surface area contributed by atoms with Crippen LogP contribution in [0.4, 0.5) is 4.39 Å². The van der Waals surface area contributed by atoms with Gasteiger partial charge < -0.3 is 0 Å². The van der Waals surface area contributed by atoms with Gasteiger partial charge in [0.2, 0.25) is 10.0 Å². The second kappa shape index (κ2) is 6.43. The van der Waals surface area contributed by atoms with Crippen molar-refractivity contribution in [3.8, 4) is 22.4 Å². The molecule has 0 unspecified atom stereocenters. The summed E-state index contributed by atoms with van der Waals surface area (Å²) in [5, 5.41) is 5.12. The minimum absolute atomic E-state index is 0.287. The molecule has 3 aromatic rings. The van der Waals surface area contributed by atoms with Crippen LogP contribution in [-0.2, 0) is 10.0 Å². The summed E-state index contributed by atoms with van der Waals surface area (Å²) in [7, 11) is -4.01. The Morgan fingerprint density at radius 1 is 1.00 bits per heavy atom. The first-order valence-corrected chi connectivity index (χ1v) is 9.23. The second-order valence-corrected chi connectivity index (χ2v) is 7.60. The first-order valence-electron chi connectivity index (χ1n) is 6.89. The third kappa shape index (κ3) is 3.53. The van der Waals surface area contributed by atoms with E-state index in [9.17, 15) is 12.8 Å². The Hall–Kier alpha value is -2.09. The summed E-state index contributed by atoms with van der Waals surface area (Å²) >= 11 is 3.38. The fourth-order valence-electron chi connectivity index (χ4n) is 2.36. The van der Waals surface area contributed by atoms with Gasteiger partial charge in [-0.15, -0.1) is 0 Å². The predicted molar refractivity (Wildman–Crippen MR) is 94.1 cm³/mol. The fourth-order valence-corrected chi connectivity index (χ4v) is 3.19. The van der Waals surface area contributed by atoms with Crippen molar-refractivity contribution < 1.29 is 12.8 Å². The average Bonchev–Trinajstić information content (AvgIpc) is 2.54. The maximum atomic E-state index is 13.9. The highest BCUT2D eigenvalue weighted by Crippen LogP contribution is 2.32. The Bertz CT molecular complexity index is 1010. The molecule has 4 nitrogen and oxygen atoms in total. The normalized spacial score (nSPS) is 11.5. The van der Waals surface area contributed by atoms with Gasteiger partial charge in [0.25, 0.3) is 0 Å². The van der Waals surface area contributed by atoms with E-state index in [1.54, 1.807) is 12.3 Å². The molecule has 0 fully saturated rings. The molecule has 0 radical (unpaired) electrons. The van der Waals surface area contributed by atoms with E-state index in [-0.39, 0.29) is 4.90 Å². The second-order valence-electron chi connectivity index (χ2n) is 5.13. The van der Waals surface area contributed by atoms with Gasteiger partial charge in [-0.25, -0.2) is 17.9 Å². The van der Waals surface area contributed by atoms with Crippen molar-refractivity contribution in [1.29, 1.82) is 0 Å². The molecule has 0 saturated carbocycles. The van der Waals surface area contributed by atoms with E-state index in [2.05, 4.69) is 20.9 Å². The van der Waals surface area contributed by atoms with Crippen molar-refractivity contribution in [2.45, 2.75) is 4.90 Å². The molecule has 1 heterocycles. The quantitative estimate of drug-likeness (QED) is 0.714. The summed E-state index contributed by atoms with van der Waals surface area (Å²) < 4.78 is 37.9. The first kappa shape index (κ1) is 16.8. The number of rotatable bonds is 3. The number of hydrogen-bond donors (Lipinski definition) is 1. The van der Waals surface area contributed by atoms with Crippen molar-refractivity contribution in [1.82, 2.24) is 4.98 Å². The first-order chi connectivity index (χ1) is 11.3. The minimum atomic E-state index is -4.01. The lowest BCUT2D eigenvalue weighted by Gasteiger charge is -2.10. The van der Waals surface area contributed by atoms with Crippen LogP contribution >= 0.6 is 15.9 Å². The summed E-state index contributed by atoms with van der Waals surface area (Å²) in [5.74, 6) is -0.691. The topological polar surface area (TPSA) is 73.1 Å². The van der Waals surface area contributed by atoms with Crippen LogP contribution in [-0.4, -0.2) is 13.4 Å². The van der Waals surface area contributed by atoms with Crippen LogP contribution in [0, 0.1) is 5.82 Å². The van der Waals surface area contributed by atoms with E-state index >= 15 is 0 Å². The average molecular weight is 407 g/mol. The monoisotopic (exact) mass is 406 g/mol. The minimum Gasteiger partial charge on any atom is -0.256 e. The van der Waals surface area contributed by atoms with Gasteiger partial charge >= 0.3 is 0 Å². The molecular weight excluding hydrogens is 395 g/mol. The maximum absolute atomic E-state index is 13.9. The van der Waals surface area contributed by atoms with Gasteiger partial charge in [0.1, 0.15) is 5.82 Å². The number of pyridine rings is 1. The Morgan fingerprint density at radius 2 is 1.71 bits per heavy atom. The van der Waals surface area contributed by atoms with Crippen molar-refractivity contribution in [3.05, 3.63) is 71.1 Å². The van der Waals surface area contributed by atoms with Crippen LogP contribution in [0.25, 0.3) is 22.4 Å². The molecule has 24 heavy (non-hydrogen) atoms. The van der Waals surface area contributed by atoms with Crippen molar-refractivity contribution in [3.63, 3.8) is 0 Å². The summed E-state index contributed by atoms with van der Waals surface area (Å²) in [6.45, 7) is 0. The number of halogens is 2. The number of aromatic nitrogens is 1.